The van der Waals surface area contributed by atoms with Crippen LogP contribution in [0.4, 0.5) is 15.8 Å². The van der Waals surface area contributed by atoms with Gasteiger partial charge in [0.05, 0.1) is 31.6 Å². The molecular weight excluding hydrogens is 427 g/mol. The molecule has 3 aromatic rings. The maximum Gasteiger partial charge on any atom is 0.266 e. The molecule has 3 aromatic carbocycles. The van der Waals surface area contributed by atoms with E-state index in [4.69, 9.17) is 14.3 Å². The second-order valence-electron chi connectivity index (χ2n) is 7.76. The van der Waals surface area contributed by atoms with Crippen molar-refractivity contribution in [3.63, 3.8) is 0 Å². The van der Waals surface area contributed by atoms with E-state index in [1.54, 1.807) is 35.4 Å². The minimum Gasteiger partial charge on any atom is -0.497 e. The van der Waals surface area contributed by atoms with E-state index >= 15 is 0 Å². The smallest absolute Gasteiger partial charge is 0.266 e. The molecule has 8 heteroatoms. The van der Waals surface area contributed by atoms with Gasteiger partial charge in [0, 0.05) is 6.07 Å². The fourth-order valence-corrected chi connectivity index (χ4v) is 4.42. The van der Waals surface area contributed by atoms with E-state index in [-0.39, 0.29) is 5.82 Å². The Balaban J connectivity index is 1.58. The molecule has 0 aliphatic carbocycles. The number of nitrogens with zero attached hydrogens (tertiary/aromatic N) is 2. The molecule has 0 aromatic heterocycles. The summed E-state index contributed by atoms with van der Waals surface area (Å²) in [6.45, 7) is 0. The SMILES string of the molecule is COc1ccc(N2C(=O)C3ON(c4ccccc4)C(c4ccc(F)cc4)C3C2=O)c(OC)c1. The third-order valence-electron chi connectivity index (χ3n) is 5.97. The van der Waals surface area contributed by atoms with Gasteiger partial charge in [0.25, 0.3) is 5.91 Å². The first-order chi connectivity index (χ1) is 16.0. The number of fused-ring (bicyclic) bond motifs is 1. The molecule has 3 unspecified atom stereocenters. The summed E-state index contributed by atoms with van der Waals surface area (Å²) >= 11 is 0. The van der Waals surface area contributed by atoms with Gasteiger partial charge in [-0.2, -0.15) is 0 Å². The summed E-state index contributed by atoms with van der Waals surface area (Å²) in [6.07, 6.45) is -1.03. The van der Waals surface area contributed by atoms with E-state index in [9.17, 15) is 14.0 Å². The minimum atomic E-state index is -1.03. The molecule has 0 radical (unpaired) electrons. The molecule has 33 heavy (non-hydrogen) atoms. The zero-order valence-electron chi connectivity index (χ0n) is 18.0. The molecule has 2 amide bonds. The number of anilines is 2. The average molecular weight is 448 g/mol. The number of amides is 2. The lowest BCUT2D eigenvalue weighted by Crippen LogP contribution is -2.37. The van der Waals surface area contributed by atoms with E-state index in [1.165, 1.54) is 26.4 Å². The van der Waals surface area contributed by atoms with Crippen LogP contribution >= 0.6 is 0 Å². The summed E-state index contributed by atoms with van der Waals surface area (Å²) in [4.78, 5) is 34.3. The van der Waals surface area contributed by atoms with Crippen LogP contribution in [0.25, 0.3) is 0 Å². The Bertz CT molecular complexity index is 1200. The first kappa shape index (κ1) is 21.0. The Morgan fingerprint density at radius 1 is 0.879 bits per heavy atom. The van der Waals surface area contributed by atoms with Gasteiger partial charge in [-0.15, -0.1) is 0 Å². The Kier molecular flexibility index (Phi) is 5.22. The van der Waals surface area contributed by atoms with E-state index < -0.39 is 29.9 Å². The molecule has 3 atom stereocenters. The van der Waals surface area contributed by atoms with Crippen LogP contribution < -0.4 is 19.4 Å². The number of methoxy groups -OCH3 is 2. The Hall–Kier alpha value is -3.91. The highest BCUT2D eigenvalue weighted by atomic mass is 19.1. The van der Waals surface area contributed by atoms with Crippen molar-refractivity contribution < 1.29 is 28.3 Å². The van der Waals surface area contributed by atoms with Crippen LogP contribution in [0.2, 0.25) is 0 Å². The van der Waals surface area contributed by atoms with Gasteiger partial charge >= 0.3 is 0 Å². The van der Waals surface area contributed by atoms with Crippen molar-refractivity contribution in [3.8, 4) is 11.5 Å². The number of benzene rings is 3. The highest BCUT2D eigenvalue weighted by molar-refractivity contribution is 6.24. The Morgan fingerprint density at radius 3 is 2.27 bits per heavy atom. The number of hydrogen-bond acceptors (Lipinski definition) is 6. The molecule has 5 rings (SSSR count). The van der Waals surface area contributed by atoms with Gasteiger partial charge in [0.15, 0.2) is 6.10 Å². The molecule has 7 nitrogen and oxygen atoms in total. The molecule has 0 spiro atoms. The van der Waals surface area contributed by atoms with Crippen LogP contribution in [0, 0.1) is 11.7 Å². The molecule has 2 fully saturated rings. The zero-order valence-corrected chi connectivity index (χ0v) is 18.0. The van der Waals surface area contributed by atoms with E-state index in [1.807, 2.05) is 30.3 Å². The monoisotopic (exact) mass is 448 g/mol. The fourth-order valence-electron chi connectivity index (χ4n) is 4.42. The minimum absolute atomic E-state index is 0.315. The largest absolute Gasteiger partial charge is 0.497 e. The van der Waals surface area contributed by atoms with Crippen LogP contribution in [0.3, 0.4) is 0 Å². The summed E-state index contributed by atoms with van der Waals surface area (Å²) < 4.78 is 24.3. The lowest BCUT2D eigenvalue weighted by atomic mass is 9.90. The predicted molar refractivity (Wildman–Crippen MR) is 118 cm³/mol. The molecular formula is C25H21FN2O5. The number of para-hydroxylation sites is 1. The van der Waals surface area contributed by atoms with Gasteiger partial charge in [-0.1, -0.05) is 30.3 Å². The van der Waals surface area contributed by atoms with Crippen molar-refractivity contribution in [1.82, 2.24) is 0 Å². The number of ether oxygens (including phenoxy) is 2. The molecule has 168 valence electrons. The summed E-state index contributed by atoms with van der Waals surface area (Å²) in [6, 6.07) is 19.3. The van der Waals surface area contributed by atoms with E-state index in [2.05, 4.69) is 0 Å². The van der Waals surface area contributed by atoms with Gasteiger partial charge in [-0.3, -0.25) is 14.4 Å². The highest BCUT2D eigenvalue weighted by Gasteiger charge is 2.60. The van der Waals surface area contributed by atoms with Crippen molar-refractivity contribution in [2.75, 3.05) is 24.2 Å². The summed E-state index contributed by atoms with van der Waals surface area (Å²) in [5.41, 5.74) is 1.67. The molecule has 2 aliphatic heterocycles. The van der Waals surface area contributed by atoms with Crippen molar-refractivity contribution in [2.45, 2.75) is 12.1 Å². The molecule has 2 aliphatic rings. The normalized spacial score (nSPS) is 22.0. The van der Waals surface area contributed by atoms with Crippen molar-refractivity contribution in [2.24, 2.45) is 5.92 Å². The van der Waals surface area contributed by atoms with Crippen LogP contribution in [-0.2, 0) is 14.4 Å². The van der Waals surface area contributed by atoms with Gasteiger partial charge < -0.3 is 9.47 Å². The topological polar surface area (TPSA) is 68.3 Å². The van der Waals surface area contributed by atoms with Gasteiger partial charge in [-0.25, -0.2) is 14.4 Å². The van der Waals surface area contributed by atoms with Crippen molar-refractivity contribution >= 4 is 23.2 Å². The predicted octanol–water partition coefficient (Wildman–Crippen LogP) is 3.89. The molecule has 0 N–H and O–H groups in total. The quantitative estimate of drug-likeness (QED) is 0.552. The zero-order chi connectivity index (χ0) is 23.1. The first-order valence-electron chi connectivity index (χ1n) is 10.4. The van der Waals surface area contributed by atoms with Crippen LogP contribution in [-0.4, -0.2) is 32.1 Å². The molecule has 2 heterocycles. The van der Waals surface area contributed by atoms with E-state index in [0.717, 1.165) is 4.90 Å². The number of carbonyl (C=O) groups excluding carboxylic acids is 2. The number of hydroxylamine groups is 1. The van der Waals surface area contributed by atoms with Crippen LogP contribution in [0.5, 0.6) is 11.5 Å². The molecule has 0 bridgehead atoms. The average Bonchev–Trinajstić information content (AvgIpc) is 3.35. The third kappa shape index (κ3) is 3.39. The maximum absolute atomic E-state index is 13.7. The Morgan fingerprint density at radius 2 is 1.61 bits per heavy atom. The van der Waals surface area contributed by atoms with Gasteiger partial charge in [0.2, 0.25) is 5.91 Å². The highest BCUT2D eigenvalue weighted by Crippen LogP contribution is 2.48. The lowest BCUT2D eigenvalue weighted by Gasteiger charge is -2.29. The second kappa shape index (κ2) is 8.22. The lowest BCUT2D eigenvalue weighted by molar-refractivity contribution is -0.126. The van der Waals surface area contributed by atoms with Crippen LogP contribution in [0.15, 0.2) is 72.8 Å². The summed E-state index contributed by atoms with van der Waals surface area (Å²) in [5.74, 6) is -1.26. The summed E-state index contributed by atoms with van der Waals surface area (Å²) in [5, 5.41) is 1.57. The third-order valence-corrected chi connectivity index (χ3v) is 5.97. The van der Waals surface area contributed by atoms with E-state index in [0.29, 0.717) is 28.4 Å². The molecule has 2 saturated heterocycles. The number of imide groups is 1. The first-order valence-corrected chi connectivity index (χ1v) is 10.4. The number of rotatable bonds is 5. The van der Waals surface area contributed by atoms with Crippen molar-refractivity contribution in [1.29, 1.82) is 0 Å². The second-order valence-corrected chi connectivity index (χ2v) is 7.76. The maximum atomic E-state index is 13.7. The number of hydrogen-bond donors (Lipinski definition) is 0. The molecule has 0 saturated carbocycles. The number of carbonyl (C=O) groups is 2. The van der Waals surface area contributed by atoms with Crippen LogP contribution in [0.1, 0.15) is 11.6 Å². The fraction of sp³-hybridized carbons (Fsp3) is 0.200. The van der Waals surface area contributed by atoms with Crippen molar-refractivity contribution in [3.05, 3.63) is 84.2 Å². The standard InChI is InChI=1S/C25H21FN2O5/c1-31-18-12-13-19(20(14-18)32-2)27-24(29)21-22(15-8-10-16(26)11-9-15)28(33-23(21)25(27)30)17-6-4-3-5-7-17/h3-14,21-23H,1-2H3. The number of halogens is 1. The Labute approximate surface area is 189 Å². The summed E-state index contributed by atoms with van der Waals surface area (Å²) in [7, 11) is 2.98. The van der Waals surface area contributed by atoms with Gasteiger partial charge in [-0.05, 0) is 42.0 Å². The van der Waals surface area contributed by atoms with Gasteiger partial charge in [0.1, 0.15) is 23.2 Å².